The highest BCUT2D eigenvalue weighted by molar-refractivity contribution is 6.98. The molecule has 6 aromatic rings. The lowest BCUT2D eigenvalue weighted by Crippen LogP contribution is -2.59. The molecule has 0 saturated heterocycles. The van der Waals surface area contributed by atoms with E-state index < -0.39 is 0 Å². The summed E-state index contributed by atoms with van der Waals surface area (Å²) in [4.78, 5) is 2.66. The van der Waals surface area contributed by atoms with Gasteiger partial charge in [0.25, 0.3) is 0 Å². The summed E-state index contributed by atoms with van der Waals surface area (Å²) in [5.74, 6) is 0. The van der Waals surface area contributed by atoms with Crippen LogP contribution in [-0.4, -0.2) is 6.71 Å². The summed E-state index contributed by atoms with van der Waals surface area (Å²) < 4.78 is 0. The van der Waals surface area contributed by atoms with E-state index in [1.54, 1.807) is 0 Å². The topological polar surface area (TPSA) is 15.3 Å². The molecule has 0 aromatic heterocycles. The van der Waals surface area contributed by atoms with Crippen LogP contribution in [0.25, 0.3) is 11.1 Å². The average molecular weight is 859 g/mol. The number of nitrogens with one attached hydrogen (secondary N) is 1. The van der Waals surface area contributed by atoms with Crippen molar-refractivity contribution < 1.29 is 0 Å². The minimum absolute atomic E-state index is 0.000250. The molecule has 1 N–H and O–H groups in total. The van der Waals surface area contributed by atoms with E-state index in [4.69, 9.17) is 0 Å². The summed E-state index contributed by atoms with van der Waals surface area (Å²) >= 11 is 0. The van der Waals surface area contributed by atoms with E-state index in [2.05, 4.69) is 230 Å². The van der Waals surface area contributed by atoms with Crippen LogP contribution in [0, 0.1) is 13.8 Å². The monoisotopic (exact) mass is 859 g/mol. The van der Waals surface area contributed by atoms with E-state index in [1.165, 1.54) is 120 Å². The molecule has 0 atom stereocenters. The Hall–Kier alpha value is -5.02. The molecule has 3 aliphatic rings. The highest BCUT2D eigenvalue weighted by Gasteiger charge is 2.45. The second-order valence-corrected chi connectivity index (χ2v) is 25.1. The molecule has 2 nitrogen and oxygen atoms in total. The van der Waals surface area contributed by atoms with Gasteiger partial charge in [-0.15, -0.1) is 0 Å². The molecule has 0 spiro atoms. The number of rotatable bonds is 5. The molecule has 1 heterocycles. The van der Waals surface area contributed by atoms with Gasteiger partial charge in [-0.05, 0) is 175 Å². The number of aryl methyl sites for hydroxylation is 2. The Bertz CT molecular complexity index is 2840. The van der Waals surface area contributed by atoms with Crippen LogP contribution in [0.4, 0.5) is 28.4 Å². The second-order valence-electron chi connectivity index (χ2n) is 25.1. The van der Waals surface area contributed by atoms with Gasteiger partial charge in [-0.1, -0.05) is 170 Å². The third-order valence-electron chi connectivity index (χ3n) is 16.2. The van der Waals surface area contributed by atoms with Crippen LogP contribution < -0.4 is 26.6 Å². The van der Waals surface area contributed by atoms with E-state index >= 15 is 0 Å². The van der Waals surface area contributed by atoms with Crippen LogP contribution >= 0.6 is 0 Å². The fourth-order valence-electron chi connectivity index (χ4n) is 11.5. The van der Waals surface area contributed by atoms with Crippen LogP contribution in [0.3, 0.4) is 0 Å². The molecule has 6 aromatic carbocycles. The lowest BCUT2D eigenvalue weighted by Gasteiger charge is -2.46. The number of hydrogen-bond acceptors (Lipinski definition) is 2. The fourth-order valence-corrected chi connectivity index (χ4v) is 11.5. The predicted molar refractivity (Wildman–Crippen MR) is 285 cm³/mol. The third-order valence-corrected chi connectivity index (χ3v) is 16.2. The van der Waals surface area contributed by atoms with Gasteiger partial charge in [-0.2, -0.15) is 0 Å². The lowest BCUT2D eigenvalue weighted by atomic mass is 9.34. The first-order valence-electron chi connectivity index (χ1n) is 24.6. The first-order valence-corrected chi connectivity index (χ1v) is 24.6. The number of hydrogen-bond donors (Lipinski definition) is 1. The van der Waals surface area contributed by atoms with Crippen LogP contribution in [0.15, 0.2) is 109 Å². The molecule has 0 amide bonds. The summed E-state index contributed by atoms with van der Waals surface area (Å²) in [5.41, 5.74) is 24.3. The standard InChI is InChI=1S/C62H75BN2/c1-39-22-25-49-55(32-39)65(54-27-24-43(58(6,7)8)34-44(54)41-20-18-17-19-21-41)56-38-48-46(60(11,12)29-31-62(48,15)16)36-51(56)63(49)50-35-45-47(61(13,14)30-28-59(45,9)10)37-53(50)64-52-26-23-42(33-40(52)2)57(3,4)5/h17-27,32-38,64H,28-31H2,1-16H3. The van der Waals surface area contributed by atoms with Gasteiger partial charge < -0.3 is 10.2 Å². The van der Waals surface area contributed by atoms with Crippen molar-refractivity contribution in [1.82, 2.24) is 0 Å². The van der Waals surface area contributed by atoms with Gasteiger partial charge in [-0.3, -0.25) is 0 Å². The molecule has 1 aliphatic heterocycles. The molecule has 0 unspecified atom stereocenters. The average Bonchev–Trinajstić information content (AvgIpc) is 3.23. The third kappa shape index (κ3) is 7.87. The Balaban J connectivity index is 1.39. The predicted octanol–water partition coefficient (Wildman–Crippen LogP) is 15.3. The first-order chi connectivity index (χ1) is 30.3. The summed E-state index contributed by atoms with van der Waals surface area (Å²) in [7, 11) is 0. The summed E-state index contributed by atoms with van der Waals surface area (Å²) in [6, 6.07) is 43.3. The fraction of sp³-hybridized carbons (Fsp3) is 0.419. The molecule has 0 saturated carbocycles. The molecular weight excluding hydrogens is 784 g/mol. The maximum Gasteiger partial charge on any atom is 0.249 e. The lowest BCUT2D eigenvalue weighted by molar-refractivity contribution is 0.332. The SMILES string of the molecule is Cc1ccc2c(c1)N(c1ccc(C(C)(C)C)cc1-c1ccccc1)c1cc3c(cc1B2c1cc2c(cc1Nc1ccc(C(C)(C)C)cc1C)C(C)(C)CCC2(C)C)C(C)(C)CCC3(C)C. The van der Waals surface area contributed by atoms with E-state index in [9.17, 15) is 0 Å². The molecule has 0 bridgehead atoms. The molecule has 3 heteroatoms. The van der Waals surface area contributed by atoms with E-state index in [-0.39, 0.29) is 39.2 Å². The summed E-state index contributed by atoms with van der Waals surface area (Å²) in [6.45, 7) is 38.3. The van der Waals surface area contributed by atoms with E-state index in [1.807, 2.05) is 0 Å². The van der Waals surface area contributed by atoms with E-state index in [0.29, 0.717) is 0 Å². The maximum absolute atomic E-state index is 4.18. The zero-order valence-electron chi connectivity index (χ0n) is 42.7. The molecule has 0 radical (unpaired) electrons. The number of anilines is 5. The van der Waals surface area contributed by atoms with Crippen molar-refractivity contribution in [3.05, 3.63) is 154 Å². The smallest absolute Gasteiger partial charge is 0.249 e. The van der Waals surface area contributed by atoms with Crippen molar-refractivity contribution in [3.8, 4) is 11.1 Å². The minimum Gasteiger partial charge on any atom is -0.356 e. The highest BCUT2D eigenvalue weighted by Crippen LogP contribution is 2.51. The second kappa shape index (κ2) is 15.3. The van der Waals surface area contributed by atoms with E-state index in [0.717, 1.165) is 6.42 Å². The molecular formula is C62H75BN2. The van der Waals surface area contributed by atoms with Crippen LogP contribution in [-0.2, 0) is 32.5 Å². The zero-order valence-corrected chi connectivity index (χ0v) is 42.7. The quantitative estimate of drug-likeness (QED) is 0.174. The molecule has 9 rings (SSSR count). The molecule has 336 valence electrons. The van der Waals surface area contributed by atoms with Gasteiger partial charge in [0, 0.05) is 28.3 Å². The van der Waals surface area contributed by atoms with Crippen LogP contribution in [0.1, 0.15) is 167 Å². The Kier molecular flexibility index (Phi) is 10.6. The normalized spacial score (nSPS) is 18.0. The van der Waals surface area contributed by atoms with Gasteiger partial charge in [0.1, 0.15) is 0 Å². The summed E-state index contributed by atoms with van der Waals surface area (Å²) in [5, 5.41) is 4.18. The van der Waals surface area contributed by atoms with Crippen molar-refractivity contribution in [1.29, 1.82) is 0 Å². The highest BCUT2D eigenvalue weighted by atomic mass is 15.2. The summed E-state index contributed by atoms with van der Waals surface area (Å²) in [6.07, 6.45) is 4.67. The van der Waals surface area contributed by atoms with Gasteiger partial charge in [0.2, 0.25) is 6.71 Å². The Morgan fingerprint density at radius 1 is 0.462 bits per heavy atom. The Labute approximate surface area is 393 Å². The Morgan fingerprint density at radius 3 is 1.54 bits per heavy atom. The Morgan fingerprint density at radius 2 is 0.969 bits per heavy atom. The molecule has 0 fully saturated rings. The maximum atomic E-state index is 4.18. The first kappa shape index (κ1) is 45.2. The number of fused-ring (bicyclic) bond motifs is 4. The van der Waals surface area contributed by atoms with Crippen LogP contribution in [0.2, 0.25) is 0 Å². The van der Waals surface area contributed by atoms with Gasteiger partial charge in [0.15, 0.2) is 0 Å². The minimum atomic E-state index is -0.0141. The van der Waals surface area contributed by atoms with Crippen molar-refractivity contribution >= 4 is 51.5 Å². The van der Waals surface area contributed by atoms with Crippen LogP contribution in [0.5, 0.6) is 0 Å². The van der Waals surface area contributed by atoms with Crippen molar-refractivity contribution in [3.63, 3.8) is 0 Å². The van der Waals surface area contributed by atoms with Gasteiger partial charge in [-0.25, -0.2) is 0 Å². The van der Waals surface area contributed by atoms with Crippen molar-refractivity contribution in [2.24, 2.45) is 0 Å². The van der Waals surface area contributed by atoms with Crippen molar-refractivity contribution in [2.75, 3.05) is 10.2 Å². The largest absolute Gasteiger partial charge is 0.356 e. The van der Waals surface area contributed by atoms with Gasteiger partial charge in [0.05, 0.1) is 5.69 Å². The molecule has 65 heavy (non-hydrogen) atoms. The van der Waals surface area contributed by atoms with Crippen molar-refractivity contribution in [2.45, 2.75) is 169 Å². The number of benzene rings is 6. The molecule has 2 aliphatic carbocycles. The van der Waals surface area contributed by atoms with Gasteiger partial charge >= 0.3 is 0 Å². The zero-order chi connectivity index (χ0) is 46.8. The number of nitrogens with zero attached hydrogens (tertiary/aromatic N) is 1.